The topological polar surface area (TPSA) is 12.5 Å². The van der Waals surface area contributed by atoms with Gasteiger partial charge in [-0.3, -0.25) is 0 Å². The number of alkyl halides is 4. The van der Waals surface area contributed by atoms with Gasteiger partial charge >= 0.3 is 6.18 Å². The lowest BCUT2D eigenvalue weighted by Gasteiger charge is -2.29. The molecule has 0 aliphatic rings. The standard InChI is InChI=1S/C14H19ClF3NO/c1-10(2)19(6-7-20-3)12-5-4-11(9-15)13(8-12)14(16,17)18/h4-5,8,10H,6-7,9H2,1-3H3. The summed E-state index contributed by atoms with van der Waals surface area (Å²) in [5.74, 6) is -0.158. The Hall–Kier alpha value is -0.940. The Morgan fingerprint density at radius 2 is 1.95 bits per heavy atom. The van der Waals surface area contributed by atoms with Gasteiger partial charge in [-0.15, -0.1) is 11.6 Å². The Morgan fingerprint density at radius 3 is 2.40 bits per heavy atom. The first kappa shape index (κ1) is 17.1. The molecule has 0 amide bonds. The molecule has 0 saturated carbocycles. The van der Waals surface area contributed by atoms with Crippen LogP contribution in [0.3, 0.4) is 0 Å². The highest BCUT2D eigenvalue weighted by Crippen LogP contribution is 2.35. The molecule has 1 aromatic rings. The van der Waals surface area contributed by atoms with Crippen LogP contribution in [0.2, 0.25) is 0 Å². The SMILES string of the molecule is COCCN(c1ccc(CCl)c(C(F)(F)F)c1)C(C)C. The van der Waals surface area contributed by atoms with Gasteiger partial charge in [0, 0.05) is 31.3 Å². The van der Waals surface area contributed by atoms with E-state index in [-0.39, 0.29) is 17.5 Å². The maximum atomic E-state index is 13.0. The number of hydrogen-bond donors (Lipinski definition) is 0. The minimum Gasteiger partial charge on any atom is -0.383 e. The van der Waals surface area contributed by atoms with E-state index in [0.29, 0.717) is 18.8 Å². The van der Waals surface area contributed by atoms with Gasteiger partial charge in [-0.05, 0) is 31.5 Å². The highest BCUT2D eigenvalue weighted by Gasteiger charge is 2.33. The normalized spacial score (nSPS) is 12.0. The first-order chi connectivity index (χ1) is 9.31. The molecule has 1 rings (SSSR count). The van der Waals surface area contributed by atoms with E-state index < -0.39 is 11.7 Å². The van der Waals surface area contributed by atoms with Crippen LogP contribution < -0.4 is 4.90 Å². The lowest BCUT2D eigenvalue weighted by atomic mass is 10.1. The van der Waals surface area contributed by atoms with Gasteiger partial charge in [-0.1, -0.05) is 6.07 Å². The third-order valence-electron chi connectivity index (χ3n) is 3.03. The Bertz CT molecular complexity index is 435. The zero-order valence-corrected chi connectivity index (χ0v) is 12.6. The summed E-state index contributed by atoms with van der Waals surface area (Å²) < 4.78 is 44.1. The third-order valence-corrected chi connectivity index (χ3v) is 3.32. The van der Waals surface area contributed by atoms with Crippen molar-refractivity contribution in [2.45, 2.75) is 31.9 Å². The number of halogens is 4. The lowest BCUT2D eigenvalue weighted by Crippen LogP contribution is -2.34. The van der Waals surface area contributed by atoms with Gasteiger partial charge in [-0.25, -0.2) is 0 Å². The van der Waals surface area contributed by atoms with Crippen LogP contribution in [-0.2, 0) is 16.8 Å². The monoisotopic (exact) mass is 309 g/mol. The number of benzene rings is 1. The van der Waals surface area contributed by atoms with E-state index in [1.165, 1.54) is 6.07 Å². The molecule has 0 bridgehead atoms. The van der Waals surface area contributed by atoms with E-state index in [0.717, 1.165) is 6.07 Å². The van der Waals surface area contributed by atoms with Crippen LogP contribution >= 0.6 is 11.6 Å². The lowest BCUT2D eigenvalue weighted by molar-refractivity contribution is -0.138. The molecule has 0 radical (unpaired) electrons. The largest absolute Gasteiger partial charge is 0.416 e. The van der Waals surface area contributed by atoms with Crippen molar-refractivity contribution in [2.75, 3.05) is 25.2 Å². The van der Waals surface area contributed by atoms with Gasteiger partial charge in [0.15, 0.2) is 0 Å². The van der Waals surface area contributed by atoms with Crippen molar-refractivity contribution < 1.29 is 17.9 Å². The van der Waals surface area contributed by atoms with Gasteiger partial charge in [0.1, 0.15) is 0 Å². The molecular formula is C14H19ClF3NO. The first-order valence-corrected chi connectivity index (χ1v) is 6.86. The summed E-state index contributed by atoms with van der Waals surface area (Å²) in [6.45, 7) is 4.85. The van der Waals surface area contributed by atoms with Gasteiger partial charge in [0.2, 0.25) is 0 Å². The van der Waals surface area contributed by atoms with Crippen molar-refractivity contribution in [2.24, 2.45) is 0 Å². The number of anilines is 1. The van der Waals surface area contributed by atoms with E-state index in [9.17, 15) is 13.2 Å². The van der Waals surface area contributed by atoms with Gasteiger partial charge in [0.05, 0.1) is 12.2 Å². The summed E-state index contributed by atoms with van der Waals surface area (Å²) in [4.78, 5) is 1.87. The van der Waals surface area contributed by atoms with E-state index in [1.54, 1.807) is 13.2 Å². The molecular weight excluding hydrogens is 291 g/mol. The molecule has 6 heteroatoms. The Labute approximate surface area is 122 Å². The molecule has 0 aliphatic carbocycles. The predicted molar refractivity (Wildman–Crippen MR) is 75.4 cm³/mol. The minimum atomic E-state index is -4.40. The molecule has 0 aliphatic heterocycles. The fourth-order valence-corrected chi connectivity index (χ4v) is 2.23. The number of hydrogen-bond acceptors (Lipinski definition) is 2. The van der Waals surface area contributed by atoms with Crippen molar-refractivity contribution >= 4 is 17.3 Å². The van der Waals surface area contributed by atoms with Crippen molar-refractivity contribution in [3.05, 3.63) is 29.3 Å². The molecule has 0 aromatic heterocycles. The second-order valence-corrected chi connectivity index (χ2v) is 5.02. The summed E-state index contributed by atoms with van der Waals surface area (Å²) in [5, 5.41) is 0. The van der Waals surface area contributed by atoms with Crippen molar-refractivity contribution in [3.63, 3.8) is 0 Å². The highest BCUT2D eigenvalue weighted by atomic mass is 35.5. The molecule has 114 valence electrons. The van der Waals surface area contributed by atoms with Crippen LogP contribution in [0.4, 0.5) is 18.9 Å². The summed E-state index contributed by atoms with van der Waals surface area (Å²) in [6.07, 6.45) is -4.40. The molecule has 1 aromatic carbocycles. The molecule has 0 saturated heterocycles. The smallest absolute Gasteiger partial charge is 0.383 e. The number of rotatable bonds is 6. The van der Waals surface area contributed by atoms with Gasteiger partial charge < -0.3 is 9.64 Å². The zero-order chi connectivity index (χ0) is 15.3. The molecule has 0 heterocycles. The van der Waals surface area contributed by atoms with E-state index in [1.807, 2.05) is 18.7 Å². The average Bonchev–Trinajstić information content (AvgIpc) is 2.37. The van der Waals surface area contributed by atoms with Crippen LogP contribution in [0, 0.1) is 0 Å². The van der Waals surface area contributed by atoms with E-state index in [2.05, 4.69) is 0 Å². The molecule has 0 spiro atoms. The second-order valence-electron chi connectivity index (χ2n) is 4.75. The first-order valence-electron chi connectivity index (χ1n) is 6.33. The van der Waals surface area contributed by atoms with Gasteiger partial charge in [-0.2, -0.15) is 13.2 Å². The third kappa shape index (κ3) is 4.28. The minimum absolute atomic E-state index is 0.0769. The maximum absolute atomic E-state index is 13.0. The molecule has 0 unspecified atom stereocenters. The van der Waals surface area contributed by atoms with Gasteiger partial charge in [0.25, 0.3) is 0 Å². The van der Waals surface area contributed by atoms with Crippen LogP contribution in [0.15, 0.2) is 18.2 Å². The zero-order valence-electron chi connectivity index (χ0n) is 11.8. The van der Waals surface area contributed by atoms with Crippen LogP contribution in [0.1, 0.15) is 25.0 Å². The quantitative estimate of drug-likeness (QED) is 0.726. The molecule has 2 nitrogen and oxygen atoms in total. The average molecular weight is 310 g/mol. The molecule has 20 heavy (non-hydrogen) atoms. The number of methoxy groups -OCH3 is 1. The van der Waals surface area contributed by atoms with E-state index in [4.69, 9.17) is 16.3 Å². The van der Waals surface area contributed by atoms with Crippen LogP contribution in [-0.4, -0.2) is 26.3 Å². The van der Waals surface area contributed by atoms with Crippen molar-refractivity contribution in [3.8, 4) is 0 Å². The summed E-state index contributed by atoms with van der Waals surface area (Å²) in [5.41, 5.74) is -0.0512. The molecule has 0 N–H and O–H groups in total. The highest BCUT2D eigenvalue weighted by molar-refractivity contribution is 6.17. The van der Waals surface area contributed by atoms with Crippen molar-refractivity contribution in [1.29, 1.82) is 0 Å². The summed E-state index contributed by atoms with van der Waals surface area (Å²) in [7, 11) is 1.57. The fourth-order valence-electron chi connectivity index (χ4n) is 2.00. The second kappa shape index (κ2) is 7.18. The fraction of sp³-hybridized carbons (Fsp3) is 0.571. The Kier molecular flexibility index (Phi) is 6.14. The number of ether oxygens (including phenoxy) is 1. The summed E-state index contributed by atoms with van der Waals surface area (Å²) in [6, 6.07) is 4.34. The Balaban J connectivity index is 3.17. The number of nitrogens with zero attached hydrogens (tertiary/aromatic N) is 1. The maximum Gasteiger partial charge on any atom is 0.416 e. The molecule has 0 atom stereocenters. The molecule has 0 fully saturated rings. The van der Waals surface area contributed by atoms with E-state index >= 15 is 0 Å². The van der Waals surface area contributed by atoms with Crippen LogP contribution in [0.5, 0.6) is 0 Å². The van der Waals surface area contributed by atoms with Crippen LogP contribution in [0.25, 0.3) is 0 Å². The Morgan fingerprint density at radius 1 is 1.30 bits per heavy atom. The predicted octanol–water partition coefficient (Wildman–Crippen LogP) is 4.31. The summed E-state index contributed by atoms with van der Waals surface area (Å²) >= 11 is 5.58. The van der Waals surface area contributed by atoms with Crippen molar-refractivity contribution in [1.82, 2.24) is 0 Å².